The lowest BCUT2D eigenvalue weighted by Gasteiger charge is -2.22. The lowest BCUT2D eigenvalue weighted by molar-refractivity contribution is -0.410. The quantitative estimate of drug-likeness (QED) is 0.476. The van der Waals surface area contributed by atoms with Gasteiger partial charge >= 0.3 is 0 Å². The van der Waals surface area contributed by atoms with Gasteiger partial charge in [-0.15, -0.1) is 0 Å². The Morgan fingerprint density at radius 2 is 2.00 bits per heavy atom. The minimum Gasteiger partial charge on any atom is -0.368 e. The fourth-order valence-corrected chi connectivity index (χ4v) is 0.911. The minimum absolute atomic E-state index is 0.0600. The third-order valence-corrected chi connectivity index (χ3v) is 1.54. The molecule has 4 heteroatoms. The third-order valence-electron chi connectivity index (χ3n) is 1.54. The Balaban J connectivity index is 2.16. The van der Waals surface area contributed by atoms with E-state index in [0.29, 0.717) is 11.8 Å². The van der Waals surface area contributed by atoms with Crippen LogP contribution in [0.4, 0.5) is 0 Å². The first-order chi connectivity index (χ1) is 5.38. The summed E-state index contributed by atoms with van der Waals surface area (Å²) < 4.78 is 5.08. The first-order valence-corrected chi connectivity index (χ1v) is 4.18. The third kappa shape index (κ3) is 3.49. The molecule has 1 heterocycles. The van der Waals surface area contributed by atoms with Crippen LogP contribution >= 0.6 is 0 Å². The maximum atomic E-state index is 11.1. The highest BCUT2D eigenvalue weighted by Crippen LogP contribution is 2.22. The van der Waals surface area contributed by atoms with Crippen LogP contribution in [0.15, 0.2) is 0 Å². The molecule has 12 heavy (non-hydrogen) atoms. The molecule has 1 saturated heterocycles. The standard InChI is InChI=1S/C8H16NO3/c1-6-7(11-6)5-9(10)12-8(2,3)4/h6-7H,5H2,1-4H3. The summed E-state index contributed by atoms with van der Waals surface area (Å²) in [7, 11) is 0. The van der Waals surface area contributed by atoms with Gasteiger partial charge in [0.15, 0.2) is 0 Å². The van der Waals surface area contributed by atoms with Gasteiger partial charge in [-0.2, -0.15) is 0 Å². The number of rotatable bonds is 3. The van der Waals surface area contributed by atoms with Gasteiger partial charge in [0.05, 0.1) is 18.2 Å². The van der Waals surface area contributed by atoms with Gasteiger partial charge in [0.1, 0.15) is 6.10 Å². The monoisotopic (exact) mass is 174 g/mol. The van der Waals surface area contributed by atoms with E-state index in [1.807, 2.05) is 27.7 Å². The molecule has 0 bridgehead atoms. The van der Waals surface area contributed by atoms with Gasteiger partial charge < -0.3 is 4.74 Å². The molecule has 2 unspecified atom stereocenters. The van der Waals surface area contributed by atoms with E-state index in [1.54, 1.807) is 0 Å². The molecule has 1 rings (SSSR count). The van der Waals surface area contributed by atoms with Crippen LogP contribution in [0.3, 0.4) is 0 Å². The summed E-state index contributed by atoms with van der Waals surface area (Å²) in [4.78, 5) is 5.03. The Hall–Kier alpha value is -0.160. The second-order valence-corrected chi connectivity index (χ2v) is 4.10. The molecule has 1 fully saturated rings. The van der Waals surface area contributed by atoms with Crippen molar-refractivity contribution in [3.8, 4) is 0 Å². The topological polar surface area (TPSA) is 44.9 Å². The summed E-state index contributed by atoms with van der Waals surface area (Å²) in [6.45, 7) is 7.77. The van der Waals surface area contributed by atoms with Crippen LogP contribution < -0.4 is 0 Å². The lowest BCUT2D eigenvalue weighted by Crippen LogP contribution is -2.33. The molecule has 1 aliphatic heterocycles. The Morgan fingerprint density at radius 1 is 1.50 bits per heavy atom. The van der Waals surface area contributed by atoms with Gasteiger partial charge in [0.2, 0.25) is 0 Å². The van der Waals surface area contributed by atoms with Crippen LogP contribution in [-0.4, -0.2) is 29.6 Å². The number of hydroxylamine groups is 2. The highest BCUT2D eigenvalue weighted by atomic mass is 16.9. The summed E-state index contributed by atoms with van der Waals surface area (Å²) >= 11 is 0. The van der Waals surface area contributed by atoms with Crippen molar-refractivity contribution in [2.75, 3.05) is 6.54 Å². The van der Waals surface area contributed by atoms with E-state index in [-0.39, 0.29) is 12.2 Å². The molecule has 4 nitrogen and oxygen atoms in total. The largest absolute Gasteiger partial charge is 0.368 e. The van der Waals surface area contributed by atoms with E-state index in [2.05, 4.69) is 0 Å². The average Bonchev–Trinajstić information content (AvgIpc) is 2.40. The molecule has 0 aromatic carbocycles. The predicted octanol–water partition coefficient (Wildman–Crippen LogP) is 1.15. The molecule has 0 N–H and O–H groups in total. The van der Waals surface area contributed by atoms with Crippen molar-refractivity contribution in [1.29, 1.82) is 0 Å². The zero-order chi connectivity index (χ0) is 9.35. The van der Waals surface area contributed by atoms with Crippen LogP contribution in [0.25, 0.3) is 0 Å². The predicted molar refractivity (Wildman–Crippen MR) is 42.6 cm³/mol. The normalized spacial score (nSPS) is 29.5. The van der Waals surface area contributed by atoms with Gasteiger partial charge in [0, 0.05) is 0 Å². The van der Waals surface area contributed by atoms with Crippen molar-refractivity contribution in [2.45, 2.75) is 45.5 Å². The first-order valence-electron chi connectivity index (χ1n) is 4.18. The van der Waals surface area contributed by atoms with Crippen LogP contribution in [0, 0.1) is 0 Å². The van der Waals surface area contributed by atoms with Crippen molar-refractivity contribution in [3.63, 3.8) is 0 Å². The van der Waals surface area contributed by atoms with E-state index >= 15 is 0 Å². The second-order valence-electron chi connectivity index (χ2n) is 4.10. The van der Waals surface area contributed by atoms with E-state index < -0.39 is 5.60 Å². The second kappa shape index (κ2) is 3.30. The molecule has 0 aliphatic carbocycles. The smallest absolute Gasteiger partial charge is 0.101 e. The highest BCUT2D eigenvalue weighted by molar-refractivity contribution is 4.80. The average molecular weight is 174 g/mol. The van der Waals surface area contributed by atoms with E-state index in [4.69, 9.17) is 9.57 Å². The summed E-state index contributed by atoms with van der Waals surface area (Å²) in [5.41, 5.74) is -0.417. The van der Waals surface area contributed by atoms with Crippen molar-refractivity contribution >= 4 is 0 Å². The number of hydrogen-bond acceptors (Lipinski definition) is 3. The van der Waals surface area contributed by atoms with Crippen molar-refractivity contribution < 1.29 is 14.8 Å². The molecule has 0 amide bonds. The zero-order valence-corrected chi connectivity index (χ0v) is 8.03. The molecule has 0 aromatic heterocycles. The molecule has 2 atom stereocenters. The van der Waals surface area contributed by atoms with Gasteiger partial charge in [-0.3, -0.25) is 4.84 Å². The van der Waals surface area contributed by atoms with Gasteiger partial charge in [-0.05, 0) is 32.9 Å². The SMILES string of the molecule is CC1OC1CN([O])OC(C)(C)C. The fourth-order valence-electron chi connectivity index (χ4n) is 0.911. The van der Waals surface area contributed by atoms with Crippen LogP contribution in [0.5, 0.6) is 0 Å². The van der Waals surface area contributed by atoms with Gasteiger partial charge in [-0.1, -0.05) is 5.21 Å². The molecule has 0 aromatic rings. The maximum Gasteiger partial charge on any atom is 0.101 e. The summed E-state index contributed by atoms with van der Waals surface area (Å²) in [6, 6.07) is 0. The first kappa shape index (κ1) is 9.92. The van der Waals surface area contributed by atoms with Gasteiger partial charge in [-0.25, -0.2) is 0 Å². The van der Waals surface area contributed by atoms with Crippen LogP contribution in [0.1, 0.15) is 27.7 Å². The van der Waals surface area contributed by atoms with Gasteiger partial charge in [0.25, 0.3) is 0 Å². The molecular formula is C8H16NO3. The molecule has 1 radical (unpaired) electrons. The fraction of sp³-hybridized carbons (Fsp3) is 1.00. The Bertz CT molecular complexity index is 155. The molecule has 0 spiro atoms. The number of hydrogen-bond donors (Lipinski definition) is 0. The molecular weight excluding hydrogens is 158 g/mol. The van der Waals surface area contributed by atoms with Crippen LogP contribution in [0.2, 0.25) is 0 Å². The van der Waals surface area contributed by atoms with E-state index in [1.165, 1.54) is 0 Å². The summed E-state index contributed by atoms with van der Waals surface area (Å²) in [5, 5.41) is 11.7. The molecule has 71 valence electrons. The lowest BCUT2D eigenvalue weighted by atomic mass is 10.2. The number of epoxide rings is 1. The Morgan fingerprint density at radius 3 is 2.33 bits per heavy atom. The van der Waals surface area contributed by atoms with Crippen LogP contribution in [-0.2, 0) is 14.8 Å². The molecule has 1 aliphatic rings. The zero-order valence-electron chi connectivity index (χ0n) is 8.03. The number of nitrogens with zero attached hydrogens (tertiary/aromatic N) is 1. The summed E-state index contributed by atoms with van der Waals surface area (Å²) in [6.07, 6.45) is 0.273. The van der Waals surface area contributed by atoms with E-state index in [0.717, 1.165) is 0 Å². The van der Waals surface area contributed by atoms with Crippen molar-refractivity contribution in [3.05, 3.63) is 0 Å². The van der Waals surface area contributed by atoms with Crippen molar-refractivity contribution in [1.82, 2.24) is 5.23 Å². The minimum atomic E-state index is -0.417. The van der Waals surface area contributed by atoms with Crippen molar-refractivity contribution in [2.24, 2.45) is 0 Å². The number of ether oxygens (including phenoxy) is 1. The Labute approximate surface area is 73.0 Å². The summed E-state index contributed by atoms with van der Waals surface area (Å²) in [5.74, 6) is 0. The van der Waals surface area contributed by atoms with E-state index in [9.17, 15) is 5.21 Å². The maximum absolute atomic E-state index is 11.1. The highest BCUT2D eigenvalue weighted by Gasteiger charge is 2.37. The Kier molecular flexibility index (Phi) is 2.73. The molecule has 0 saturated carbocycles.